The van der Waals surface area contributed by atoms with Crippen LogP contribution in [-0.2, 0) is 20.7 Å². The number of benzene rings is 1. The second kappa shape index (κ2) is 10.7. The summed E-state index contributed by atoms with van der Waals surface area (Å²) in [6.45, 7) is 6.12. The zero-order chi connectivity index (χ0) is 18.7. The Bertz CT molecular complexity index is 537. The highest BCUT2D eigenvalue weighted by Gasteiger charge is 2.30. The fourth-order valence-electron chi connectivity index (χ4n) is 2.45. The summed E-state index contributed by atoms with van der Waals surface area (Å²) in [5.74, 6) is 0.313. The third-order valence-electron chi connectivity index (χ3n) is 3.97. The molecule has 0 spiro atoms. The number of hydrogen-bond donors (Lipinski definition) is 1. The SMILES string of the molecule is CCCCCCC(=O)NCCc1ccc(OC(C)(C)C(=O)OC)cc1. The first kappa shape index (κ1) is 21.0. The van der Waals surface area contributed by atoms with E-state index in [1.165, 1.54) is 20.0 Å². The number of nitrogens with one attached hydrogen (secondary N) is 1. The third kappa shape index (κ3) is 8.05. The van der Waals surface area contributed by atoms with Crippen molar-refractivity contribution in [3.8, 4) is 5.75 Å². The lowest BCUT2D eigenvalue weighted by Gasteiger charge is -2.23. The molecule has 25 heavy (non-hydrogen) atoms. The highest BCUT2D eigenvalue weighted by molar-refractivity contribution is 5.78. The van der Waals surface area contributed by atoms with Gasteiger partial charge in [-0.05, 0) is 44.4 Å². The molecule has 0 bridgehead atoms. The van der Waals surface area contributed by atoms with Crippen LogP contribution in [0.25, 0.3) is 0 Å². The van der Waals surface area contributed by atoms with Crippen molar-refractivity contribution in [2.45, 2.75) is 64.9 Å². The number of ether oxygens (including phenoxy) is 2. The van der Waals surface area contributed by atoms with Crippen LogP contribution in [0.1, 0.15) is 58.4 Å². The highest BCUT2D eigenvalue weighted by atomic mass is 16.6. The summed E-state index contributed by atoms with van der Waals surface area (Å²) in [4.78, 5) is 23.4. The molecule has 0 aliphatic carbocycles. The number of unbranched alkanes of at least 4 members (excludes halogenated alkanes) is 3. The van der Waals surface area contributed by atoms with E-state index in [1.807, 2.05) is 24.3 Å². The summed E-state index contributed by atoms with van der Waals surface area (Å²) < 4.78 is 10.4. The minimum absolute atomic E-state index is 0.121. The summed E-state index contributed by atoms with van der Waals surface area (Å²) in [7, 11) is 1.34. The number of amides is 1. The number of esters is 1. The van der Waals surface area contributed by atoms with Gasteiger partial charge in [0.25, 0.3) is 0 Å². The van der Waals surface area contributed by atoms with Crippen LogP contribution in [-0.4, -0.2) is 31.1 Å². The van der Waals surface area contributed by atoms with Crippen molar-refractivity contribution < 1.29 is 19.1 Å². The highest BCUT2D eigenvalue weighted by Crippen LogP contribution is 2.20. The average molecular weight is 349 g/mol. The van der Waals surface area contributed by atoms with Crippen molar-refractivity contribution in [1.82, 2.24) is 5.32 Å². The lowest BCUT2D eigenvalue weighted by molar-refractivity contribution is -0.156. The van der Waals surface area contributed by atoms with Crippen LogP contribution in [0.5, 0.6) is 5.75 Å². The molecule has 1 N–H and O–H groups in total. The van der Waals surface area contributed by atoms with Gasteiger partial charge in [-0.2, -0.15) is 0 Å². The van der Waals surface area contributed by atoms with E-state index in [0.29, 0.717) is 18.7 Å². The molecule has 0 heterocycles. The summed E-state index contributed by atoms with van der Waals surface area (Å²) in [6.07, 6.45) is 5.82. The van der Waals surface area contributed by atoms with E-state index in [2.05, 4.69) is 12.2 Å². The molecular weight excluding hydrogens is 318 g/mol. The first-order chi connectivity index (χ1) is 11.9. The number of carbonyl (C=O) groups is 2. The number of hydrogen-bond acceptors (Lipinski definition) is 4. The van der Waals surface area contributed by atoms with Crippen molar-refractivity contribution in [1.29, 1.82) is 0 Å². The molecule has 0 aliphatic rings. The maximum absolute atomic E-state index is 11.7. The van der Waals surface area contributed by atoms with Gasteiger partial charge in [0.1, 0.15) is 5.75 Å². The van der Waals surface area contributed by atoms with Crippen LogP contribution < -0.4 is 10.1 Å². The van der Waals surface area contributed by atoms with Crippen LogP contribution in [0.15, 0.2) is 24.3 Å². The zero-order valence-corrected chi connectivity index (χ0v) is 15.9. The quantitative estimate of drug-likeness (QED) is 0.489. The van der Waals surface area contributed by atoms with E-state index in [4.69, 9.17) is 9.47 Å². The monoisotopic (exact) mass is 349 g/mol. The van der Waals surface area contributed by atoms with Crippen molar-refractivity contribution in [3.63, 3.8) is 0 Å². The Morgan fingerprint density at radius 3 is 2.36 bits per heavy atom. The summed E-state index contributed by atoms with van der Waals surface area (Å²) in [6, 6.07) is 7.53. The Balaban J connectivity index is 2.35. The lowest BCUT2D eigenvalue weighted by Crippen LogP contribution is -2.39. The van der Waals surface area contributed by atoms with Gasteiger partial charge in [0, 0.05) is 13.0 Å². The topological polar surface area (TPSA) is 64.6 Å². The maximum atomic E-state index is 11.7. The molecular formula is C20H31NO4. The molecule has 0 atom stereocenters. The van der Waals surface area contributed by atoms with E-state index in [0.717, 1.165) is 24.8 Å². The number of rotatable bonds is 11. The summed E-state index contributed by atoms with van der Waals surface area (Å²) >= 11 is 0. The first-order valence-corrected chi connectivity index (χ1v) is 9.02. The van der Waals surface area contributed by atoms with Gasteiger partial charge in [-0.15, -0.1) is 0 Å². The second-order valence-electron chi connectivity index (χ2n) is 6.66. The molecule has 0 aliphatic heterocycles. The number of methoxy groups -OCH3 is 1. The molecule has 5 heteroatoms. The van der Waals surface area contributed by atoms with Crippen molar-refractivity contribution in [3.05, 3.63) is 29.8 Å². The Labute approximate surface area is 151 Å². The molecule has 0 radical (unpaired) electrons. The molecule has 0 aromatic heterocycles. The van der Waals surface area contributed by atoms with Gasteiger partial charge in [-0.3, -0.25) is 4.79 Å². The Kier molecular flexibility index (Phi) is 9.03. The van der Waals surface area contributed by atoms with Crippen molar-refractivity contribution in [2.24, 2.45) is 0 Å². The summed E-state index contributed by atoms with van der Waals surface area (Å²) in [5, 5.41) is 2.95. The fraction of sp³-hybridized carbons (Fsp3) is 0.600. The average Bonchev–Trinajstić information content (AvgIpc) is 2.59. The lowest BCUT2D eigenvalue weighted by atomic mass is 10.1. The molecule has 0 unspecified atom stereocenters. The molecule has 5 nitrogen and oxygen atoms in total. The fourth-order valence-corrected chi connectivity index (χ4v) is 2.45. The zero-order valence-electron chi connectivity index (χ0n) is 15.9. The van der Waals surface area contributed by atoms with Crippen LogP contribution in [0.3, 0.4) is 0 Å². The van der Waals surface area contributed by atoms with E-state index < -0.39 is 11.6 Å². The van der Waals surface area contributed by atoms with Gasteiger partial charge in [-0.1, -0.05) is 38.3 Å². The standard InChI is InChI=1S/C20H31NO4/c1-5-6-7-8-9-18(22)21-15-14-16-10-12-17(13-11-16)25-20(2,3)19(23)24-4/h10-13H,5-9,14-15H2,1-4H3,(H,21,22). The minimum atomic E-state index is -1.03. The number of carbonyl (C=O) groups excluding carboxylic acids is 2. The molecule has 1 aromatic rings. The third-order valence-corrected chi connectivity index (χ3v) is 3.97. The normalized spacial score (nSPS) is 11.0. The van der Waals surface area contributed by atoms with E-state index >= 15 is 0 Å². The van der Waals surface area contributed by atoms with Crippen LogP contribution >= 0.6 is 0 Å². The molecule has 0 saturated heterocycles. The molecule has 1 rings (SSSR count). The van der Waals surface area contributed by atoms with Crippen molar-refractivity contribution in [2.75, 3.05) is 13.7 Å². The second-order valence-corrected chi connectivity index (χ2v) is 6.66. The molecule has 0 fully saturated rings. The van der Waals surface area contributed by atoms with Gasteiger partial charge < -0.3 is 14.8 Å². The predicted octanol–water partition coefficient (Wildman–Crippen LogP) is 3.65. The smallest absolute Gasteiger partial charge is 0.349 e. The van der Waals surface area contributed by atoms with Crippen molar-refractivity contribution >= 4 is 11.9 Å². The van der Waals surface area contributed by atoms with Crippen LogP contribution in [0.4, 0.5) is 0 Å². The van der Waals surface area contributed by atoms with Gasteiger partial charge in [0.05, 0.1) is 7.11 Å². The maximum Gasteiger partial charge on any atom is 0.349 e. The van der Waals surface area contributed by atoms with Gasteiger partial charge in [0.2, 0.25) is 5.91 Å². The molecule has 1 aromatic carbocycles. The van der Waals surface area contributed by atoms with E-state index in [-0.39, 0.29) is 5.91 Å². The van der Waals surface area contributed by atoms with E-state index in [9.17, 15) is 9.59 Å². The largest absolute Gasteiger partial charge is 0.476 e. The molecule has 1 amide bonds. The van der Waals surface area contributed by atoms with Gasteiger partial charge in [-0.25, -0.2) is 4.79 Å². The summed E-state index contributed by atoms with van der Waals surface area (Å²) in [5.41, 5.74) is 0.0802. The Hall–Kier alpha value is -2.04. The van der Waals surface area contributed by atoms with Gasteiger partial charge >= 0.3 is 5.97 Å². The predicted molar refractivity (Wildman–Crippen MR) is 98.6 cm³/mol. The minimum Gasteiger partial charge on any atom is -0.476 e. The first-order valence-electron chi connectivity index (χ1n) is 9.02. The Morgan fingerprint density at radius 1 is 1.08 bits per heavy atom. The molecule has 140 valence electrons. The molecule has 0 saturated carbocycles. The van der Waals surface area contributed by atoms with Crippen LogP contribution in [0, 0.1) is 0 Å². The van der Waals surface area contributed by atoms with Gasteiger partial charge in [0.15, 0.2) is 5.60 Å². The van der Waals surface area contributed by atoms with E-state index in [1.54, 1.807) is 13.8 Å². The Morgan fingerprint density at radius 2 is 1.76 bits per heavy atom. The van der Waals surface area contributed by atoms with Crippen LogP contribution in [0.2, 0.25) is 0 Å².